The summed E-state index contributed by atoms with van der Waals surface area (Å²) >= 11 is 0. The molecule has 1 fully saturated rings. The van der Waals surface area contributed by atoms with E-state index in [0.717, 1.165) is 5.69 Å². The van der Waals surface area contributed by atoms with Crippen molar-refractivity contribution in [3.63, 3.8) is 0 Å². The van der Waals surface area contributed by atoms with Crippen LogP contribution in [-0.2, 0) is 18.4 Å². The predicted molar refractivity (Wildman–Crippen MR) is 115 cm³/mol. The highest BCUT2D eigenvalue weighted by Crippen LogP contribution is 2.18. The SMILES string of the molecule is CCNC(=NCc1ccc(O)c(F)c1)N1CCN(c2cnn(C)c2)C(=O)C1.I. The summed E-state index contributed by atoms with van der Waals surface area (Å²) in [6, 6.07) is 4.19. The zero-order valence-corrected chi connectivity index (χ0v) is 18.1. The molecule has 3 rings (SSSR count). The number of guanidine groups is 1. The number of rotatable bonds is 4. The van der Waals surface area contributed by atoms with Gasteiger partial charge >= 0.3 is 0 Å². The summed E-state index contributed by atoms with van der Waals surface area (Å²) in [5, 5.41) is 16.6. The number of halogens is 2. The van der Waals surface area contributed by atoms with Gasteiger partial charge in [0.05, 0.1) is 18.4 Å². The highest BCUT2D eigenvalue weighted by molar-refractivity contribution is 14.0. The largest absolute Gasteiger partial charge is 0.505 e. The number of aromatic nitrogens is 2. The van der Waals surface area contributed by atoms with Crippen LogP contribution in [0.4, 0.5) is 10.1 Å². The number of nitrogens with zero attached hydrogens (tertiary/aromatic N) is 5. The number of amides is 1. The predicted octanol–water partition coefficient (Wildman–Crippen LogP) is 1.70. The Labute approximate surface area is 180 Å². The van der Waals surface area contributed by atoms with Crippen molar-refractivity contribution in [1.29, 1.82) is 0 Å². The Morgan fingerprint density at radius 1 is 1.39 bits per heavy atom. The molecule has 0 radical (unpaired) electrons. The second-order valence-corrected chi connectivity index (χ2v) is 6.30. The summed E-state index contributed by atoms with van der Waals surface area (Å²) in [6.07, 6.45) is 3.48. The van der Waals surface area contributed by atoms with Crippen LogP contribution in [0.2, 0.25) is 0 Å². The van der Waals surface area contributed by atoms with Crippen molar-refractivity contribution in [3.8, 4) is 5.75 Å². The molecular formula is C18H24FIN6O2. The van der Waals surface area contributed by atoms with E-state index in [9.17, 15) is 14.3 Å². The lowest BCUT2D eigenvalue weighted by Gasteiger charge is -2.35. The van der Waals surface area contributed by atoms with Crippen molar-refractivity contribution in [2.75, 3.05) is 31.1 Å². The van der Waals surface area contributed by atoms with Gasteiger partial charge in [-0.15, -0.1) is 24.0 Å². The maximum Gasteiger partial charge on any atom is 0.246 e. The number of phenolic OH excluding ortho intramolecular Hbond substituents is 1. The molecule has 0 aliphatic carbocycles. The molecule has 152 valence electrons. The molecule has 2 N–H and O–H groups in total. The van der Waals surface area contributed by atoms with E-state index in [4.69, 9.17) is 0 Å². The van der Waals surface area contributed by atoms with Crippen molar-refractivity contribution in [2.45, 2.75) is 13.5 Å². The molecule has 1 aromatic heterocycles. The van der Waals surface area contributed by atoms with E-state index in [1.165, 1.54) is 12.1 Å². The van der Waals surface area contributed by atoms with Crippen LogP contribution in [0.25, 0.3) is 0 Å². The number of benzene rings is 1. The zero-order valence-electron chi connectivity index (χ0n) is 15.8. The minimum atomic E-state index is -0.673. The molecule has 10 heteroatoms. The lowest BCUT2D eigenvalue weighted by atomic mass is 10.2. The number of piperazine rings is 1. The van der Waals surface area contributed by atoms with Gasteiger partial charge in [-0.25, -0.2) is 9.38 Å². The van der Waals surface area contributed by atoms with Gasteiger partial charge in [0.25, 0.3) is 0 Å². The van der Waals surface area contributed by atoms with E-state index in [-0.39, 0.29) is 48.7 Å². The van der Waals surface area contributed by atoms with E-state index >= 15 is 0 Å². The number of phenols is 1. The molecule has 1 aromatic carbocycles. The van der Waals surface area contributed by atoms with E-state index in [1.54, 1.807) is 21.8 Å². The molecule has 0 unspecified atom stereocenters. The van der Waals surface area contributed by atoms with Gasteiger partial charge < -0.3 is 20.2 Å². The second-order valence-electron chi connectivity index (χ2n) is 6.30. The lowest BCUT2D eigenvalue weighted by molar-refractivity contribution is -0.120. The Morgan fingerprint density at radius 3 is 2.79 bits per heavy atom. The molecule has 0 bridgehead atoms. The minimum absolute atomic E-state index is 0. The summed E-state index contributed by atoms with van der Waals surface area (Å²) in [5.41, 5.74) is 1.42. The third-order valence-electron chi connectivity index (χ3n) is 4.28. The van der Waals surface area contributed by atoms with Crippen LogP contribution < -0.4 is 10.2 Å². The van der Waals surface area contributed by atoms with Crippen LogP contribution in [0, 0.1) is 5.82 Å². The maximum absolute atomic E-state index is 13.5. The molecule has 0 atom stereocenters. The van der Waals surface area contributed by atoms with Gasteiger partial charge in [0.1, 0.15) is 6.54 Å². The first-order chi connectivity index (χ1) is 13.0. The fraction of sp³-hybridized carbons (Fsp3) is 0.389. The Balaban J connectivity index is 0.00000280. The van der Waals surface area contributed by atoms with Crippen molar-refractivity contribution in [3.05, 3.63) is 42.0 Å². The van der Waals surface area contributed by atoms with Crippen molar-refractivity contribution < 1.29 is 14.3 Å². The number of anilines is 1. The highest BCUT2D eigenvalue weighted by Gasteiger charge is 2.27. The number of hydrogen-bond donors (Lipinski definition) is 2. The molecule has 2 heterocycles. The Hall–Kier alpha value is -2.37. The number of aliphatic imine (C=N–C) groups is 1. The number of aryl methyl sites for hydroxylation is 1. The highest BCUT2D eigenvalue weighted by atomic mass is 127. The quantitative estimate of drug-likeness (QED) is 0.378. The van der Waals surface area contributed by atoms with E-state index in [1.807, 2.05) is 25.1 Å². The summed E-state index contributed by atoms with van der Waals surface area (Å²) in [6.45, 7) is 4.20. The average Bonchev–Trinajstić information content (AvgIpc) is 3.07. The summed E-state index contributed by atoms with van der Waals surface area (Å²) in [4.78, 5) is 20.7. The summed E-state index contributed by atoms with van der Waals surface area (Å²) in [7, 11) is 1.81. The van der Waals surface area contributed by atoms with E-state index < -0.39 is 5.82 Å². The molecule has 1 aliphatic heterocycles. The van der Waals surface area contributed by atoms with Gasteiger partial charge in [-0.1, -0.05) is 6.07 Å². The van der Waals surface area contributed by atoms with Gasteiger partial charge in [0.15, 0.2) is 17.5 Å². The number of carbonyl (C=O) groups is 1. The van der Waals surface area contributed by atoms with Gasteiger partial charge in [-0.3, -0.25) is 9.48 Å². The number of carbonyl (C=O) groups excluding carboxylic acids is 1. The van der Waals surface area contributed by atoms with Crippen LogP contribution >= 0.6 is 24.0 Å². The van der Waals surface area contributed by atoms with Crippen molar-refractivity contribution in [2.24, 2.45) is 12.0 Å². The molecule has 28 heavy (non-hydrogen) atoms. The maximum atomic E-state index is 13.5. The first-order valence-corrected chi connectivity index (χ1v) is 8.77. The standard InChI is InChI=1S/C18H23FN6O2.HI/c1-3-20-18(21-9-13-4-5-16(26)15(19)8-13)24-6-7-25(17(27)12-24)14-10-22-23(2)11-14;/h4-5,8,10-11,26H,3,6-7,9,12H2,1-2H3,(H,20,21);1H. The number of aromatic hydroxyl groups is 1. The normalized spacial score (nSPS) is 14.8. The van der Waals surface area contributed by atoms with Gasteiger partial charge in [-0.2, -0.15) is 5.10 Å². The average molecular weight is 502 g/mol. The molecular weight excluding hydrogens is 478 g/mol. The molecule has 1 saturated heterocycles. The van der Waals surface area contributed by atoms with Crippen LogP contribution in [-0.4, -0.2) is 57.8 Å². The summed E-state index contributed by atoms with van der Waals surface area (Å²) < 4.78 is 15.1. The zero-order chi connectivity index (χ0) is 19.4. The van der Waals surface area contributed by atoms with Crippen LogP contribution in [0.3, 0.4) is 0 Å². The second kappa shape index (κ2) is 9.71. The lowest BCUT2D eigenvalue weighted by Crippen LogP contribution is -2.55. The summed E-state index contributed by atoms with van der Waals surface area (Å²) in [5.74, 6) is -0.486. The first-order valence-electron chi connectivity index (χ1n) is 8.77. The van der Waals surface area contributed by atoms with Crippen molar-refractivity contribution >= 4 is 41.5 Å². The Bertz CT molecular complexity index is 856. The van der Waals surface area contributed by atoms with Gasteiger partial charge in [0.2, 0.25) is 5.91 Å². The molecule has 1 amide bonds. The minimum Gasteiger partial charge on any atom is -0.505 e. The first kappa shape index (κ1) is 21.9. The molecule has 1 aliphatic rings. The van der Waals surface area contributed by atoms with E-state index in [2.05, 4.69) is 15.4 Å². The van der Waals surface area contributed by atoms with Gasteiger partial charge in [-0.05, 0) is 24.6 Å². The Kier molecular flexibility index (Phi) is 7.61. The fourth-order valence-corrected chi connectivity index (χ4v) is 2.92. The smallest absolute Gasteiger partial charge is 0.246 e. The van der Waals surface area contributed by atoms with Crippen molar-refractivity contribution in [1.82, 2.24) is 20.0 Å². The third-order valence-corrected chi connectivity index (χ3v) is 4.28. The molecule has 0 saturated carbocycles. The van der Waals surface area contributed by atoms with Crippen LogP contribution in [0.5, 0.6) is 5.75 Å². The topological polar surface area (TPSA) is 86.0 Å². The van der Waals surface area contributed by atoms with E-state index in [0.29, 0.717) is 31.2 Å². The molecule has 2 aromatic rings. The monoisotopic (exact) mass is 502 g/mol. The molecule has 0 spiro atoms. The van der Waals surface area contributed by atoms with Crippen LogP contribution in [0.15, 0.2) is 35.6 Å². The van der Waals surface area contributed by atoms with Gasteiger partial charge in [0, 0.05) is 32.9 Å². The number of nitrogens with one attached hydrogen (secondary N) is 1. The number of hydrogen-bond acceptors (Lipinski definition) is 4. The molecule has 8 nitrogen and oxygen atoms in total. The fourth-order valence-electron chi connectivity index (χ4n) is 2.92. The Morgan fingerprint density at radius 2 is 2.18 bits per heavy atom. The van der Waals surface area contributed by atoms with Crippen LogP contribution in [0.1, 0.15) is 12.5 Å². The third kappa shape index (κ3) is 5.12.